The summed E-state index contributed by atoms with van der Waals surface area (Å²) >= 11 is 0. The summed E-state index contributed by atoms with van der Waals surface area (Å²) in [5.74, 6) is 2.99. The van der Waals surface area contributed by atoms with Gasteiger partial charge in [-0.15, -0.1) is 0 Å². The number of rotatable bonds is 2. The highest BCUT2D eigenvalue weighted by atomic mass is 16.5. The van der Waals surface area contributed by atoms with E-state index in [1.165, 1.54) is 0 Å². The van der Waals surface area contributed by atoms with Crippen molar-refractivity contribution in [3.05, 3.63) is 23.8 Å². The third-order valence-electron chi connectivity index (χ3n) is 4.68. The Labute approximate surface area is 114 Å². The molecule has 0 radical (unpaired) electrons. The van der Waals surface area contributed by atoms with E-state index in [0.29, 0.717) is 5.92 Å². The molecule has 1 N–H and O–H groups in total. The van der Waals surface area contributed by atoms with Gasteiger partial charge in [-0.3, -0.25) is 0 Å². The van der Waals surface area contributed by atoms with Crippen molar-refractivity contribution in [2.24, 2.45) is 11.8 Å². The summed E-state index contributed by atoms with van der Waals surface area (Å²) in [6.45, 7) is 4.52. The molecule has 3 rings (SSSR count). The molecule has 0 aromatic heterocycles. The molecule has 1 aliphatic heterocycles. The zero-order valence-corrected chi connectivity index (χ0v) is 11.8. The second-order valence-electron chi connectivity index (χ2n) is 6.32. The number of methoxy groups -OCH3 is 1. The van der Waals surface area contributed by atoms with Gasteiger partial charge in [-0.25, -0.2) is 0 Å². The molecule has 0 saturated heterocycles. The lowest BCUT2D eigenvalue weighted by atomic mass is 9.63. The van der Waals surface area contributed by atoms with E-state index in [4.69, 9.17) is 9.47 Å². The van der Waals surface area contributed by atoms with Crippen LogP contribution in [0.1, 0.15) is 44.8 Å². The van der Waals surface area contributed by atoms with Crippen LogP contribution in [0, 0.1) is 11.8 Å². The average Bonchev–Trinajstić information content (AvgIpc) is 2.34. The molecule has 1 fully saturated rings. The van der Waals surface area contributed by atoms with E-state index in [2.05, 4.69) is 13.8 Å². The Morgan fingerprint density at radius 3 is 2.68 bits per heavy atom. The minimum Gasteiger partial charge on any atom is -0.497 e. The summed E-state index contributed by atoms with van der Waals surface area (Å²) in [6.07, 6.45) is 2.41. The summed E-state index contributed by atoms with van der Waals surface area (Å²) < 4.78 is 11.4. The predicted octanol–water partition coefficient (Wildman–Crippen LogP) is 3.32. The molecule has 1 spiro atoms. The summed E-state index contributed by atoms with van der Waals surface area (Å²) in [5.41, 5.74) is 0.743. The van der Waals surface area contributed by atoms with Crippen LogP contribution in [0.4, 0.5) is 0 Å². The maximum atomic E-state index is 10.3. The lowest BCUT2D eigenvalue weighted by Gasteiger charge is -2.52. The van der Waals surface area contributed by atoms with Crippen molar-refractivity contribution >= 4 is 0 Å². The maximum Gasteiger partial charge on any atom is 0.129 e. The second-order valence-corrected chi connectivity index (χ2v) is 6.32. The number of aliphatic hydroxyl groups is 1. The van der Waals surface area contributed by atoms with Crippen molar-refractivity contribution < 1.29 is 14.6 Å². The van der Waals surface area contributed by atoms with Gasteiger partial charge < -0.3 is 14.6 Å². The predicted molar refractivity (Wildman–Crippen MR) is 73.5 cm³/mol. The number of benzene rings is 1. The van der Waals surface area contributed by atoms with E-state index < -0.39 is 6.10 Å². The molecule has 3 nitrogen and oxygen atoms in total. The average molecular weight is 262 g/mol. The van der Waals surface area contributed by atoms with E-state index in [-0.39, 0.29) is 5.60 Å². The van der Waals surface area contributed by atoms with Gasteiger partial charge in [-0.05, 0) is 36.8 Å². The Kier molecular flexibility index (Phi) is 2.97. The first kappa shape index (κ1) is 12.8. The SMILES string of the molecule is COc1ccc2c(c1)OC1(CC(C(C)C)C1)C[C@@H]2O. The molecule has 1 atom stereocenters. The summed E-state index contributed by atoms with van der Waals surface area (Å²) in [7, 11) is 1.65. The van der Waals surface area contributed by atoms with Crippen LogP contribution >= 0.6 is 0 Å². The maximum absolute atomic E-state index is 10.3. The van der Waals surface area contributed by atoms with Crippen LogP contribution in [0.5, 0.6) is 11.5 Å². The Morgan fingerprint density at radius 1 is 1.32 bits per heavy atom. The highest BCUT2D eigenvalue weighted by molar-refractivity contribution is 5.44. The molecule has 104 valence electrons. The largest absolute Gasteiger partial charge is 0.497 e. The summed E-state index contributed by atoms with van der Waals surface area (Å²) in [6, 6.07) is 5.67. The van der Waals surface area contributed by atoms with Gasteiger partial charge in [0.1, 0.15) is 17.1 Å². The molecule has 1 aromatic carbocycles. The summed E-state index contributed by atoms with van der Waals surface area (Å²) in [5, 5.41) is 10.3. The van der Waals surface area contributed by atoms with E-state index in [9.17, 15) is 5.11 Å². The van der Waals surface area contributed by atoms with Crippen molar-refractivity contribution in [3.8, 4) is 11.5 Å². The third-order valence-corrected chi connectivity index (χ3v) is 4.68. The molecule has 0 amide bonds. The zero-order chi connectivity index (χ0) is 13.6. The minimum atomic E-state index is -0.414. The van der Waals surface area contributed by atoms with Crippen molar-refractivity contribution in [1.29, 1.82) is 0 Å². The lowest BCUT2D eigenvalue weighted by Crippen LogP contribution is -2.53. The lowest BCUT2D eigenvalue weighted by molar-refractivity contribution is -0.108. The van der Waals surface area contributed by atoms with Gasteiger partial charge in [-0.1, -0.05) is 13.8 Å². The van der Waals surface area contributed by atoms with Gasteiger partial charge in [0.05, 0.1) is 13.2 Å². The van der Waals surface area contributed by atoms with Crippen molar-refractivity contribution in [2.75, 3.05) is 7.11 Å². The van der Waals surface area contributed by atoms with Gasteiger partial charge in [-0.2, -0.15) is 0 Å². The molecule has 2 aliphatic rings. The monoisotopic (exact) mass is 262 g/mol. The number of ether oxygens (including phenoxy) is 2. The first-order valence-corrected chi connectivity index (χ1v) is 7.08. The minimum absolute atomic E-state index is 0.145. The Morgan fingerprint density at radius 2 is 2.05 bits per heavy atom. The van der Waals surface area contributed by atoms with Crippen LogP contribution in [0.15, 0.2) is 18.2 Å². The van der Waals surface area contributed by atoms with E-state index in [1.807, 2.05) is 18.2 Å². The van der Waals surface area contributed by atoms with Crippen molar-refractivity contribution in [3.63, 3.8) is 0 Å². The second kappa shape index (κ2) is 4.41. The van der Waals surface area contributed by atoms with Crippen molar-refractivity contribution in [2.45, 2.75) is 44.8 Å². The smallest absolute Gasteiger partial charge is 0.129 e. The van der Waals surface area contributed by atoms with Crippen LogP contribution in [-0.2, 0) is 0 Å². The fourth-order valence-electron chi connectivity index (χ4n) is 3.36. The van der Waals surface area contributed by atoms with Gasteiger partial charge in [0.15, 0.2) is 0 Å². The van der Waals surface area contributed by atoms with Gasteiger partial charge in [0.25, 0.3) is 0 Å². The first-order valence-electron chi connectivity index (χ1n) is 7.08. The topological polar surface area (TPSA) is 38.7 Å². The fraction of sp³-hybridized carbons (Fsp3) is 0.625. The molecule has 19 heavy (non-hydrogen) atoms. The molecule has 1 aliphatic carbocycles. The van der Waals surface area contributed by atoms with Gasteiger partial charge >= 0.3 is 0 Å². The quantitative estimate of drug-likeness (QED) is 0.888. The molecule has 1 heterocycles. The van der Waals surface area contributed by atoms with Crippen LogP contribution in [0.2, 0.25) is 0 Å². The number of fused-ring (bicyclic) bond motifs is 1. The first-order chi connectivity index (χ1) is 9.03. The molecule has 1 saturated carbocycles. The Bertz CT molecular complexity index is 475. The molecule has 0 bridgehead atoms. The molecular formula is C16H22O3. The van der Waals surface area contributed by atoms with Crippen molar-refractivity contribution in [1.82, 2.24) is 0 Å². The molecule has 0 unspecified atom stereocenters. The van der Waals surface area contributed by atoms with E-state index in [0.717, 1.165) is 42.2 Å². The standard InChI is InChI=1S/C16H22O3/c1-10(2)11-7-16(8-11)9-14(17)13-5-4-12(18-3)6-15(13)19-16/h4-6,10-11,14,17H,7-9H2,1-3H3/t11?,14-,16?/m0/s1. The molecule has 3 heteroatoms. The normalized spacial score (nSPS) is 32.7. The van der Waals surface area contributed by atoms with Crippen LogP contribution in [0.25, 0.3) is 0 Å². The molecule has 1 aromatic rings. The molecular weight excluding hydrogens is 240 g/mol. The third kappa shape index (κ3) is 2.10. The van der Waals surface area contributed by atoms with E-state index >= 15 is 0 Å². The van der Waals surface area contributed by atoms with Crippen LogP contribution in [-0.4, -0.2) is 17.8 Å². The number of hydrogen-bond acceptors (Lipinski definition) is 3. The van der Waals surface area contributed by atoms with Crippen LogP contribution in [0.3, 0.4) is 0 Å². The fourth-order valence-corrected chi connectivity index (χ4v) is 3.36. The highest BCUT2D eigenvalue weighted by Gasteiger charge is 2.51. The van der Waals surface area contributed by atoms with Gasteiger partial charge in [0, 0.05) is 18.1 Å². The van der Waals surface area contributed by atoms with E-state index in [1.54, 1.807) is 7.11 Å². The highest BCUT2D eigenvalue weighted by Crippen LogP contribution is 2.53. The Hall–Kier alpha value is -1.22. The number of aliphatic hydroxyl groups excluding tert-OH is 1. The zero-order valence-electron chi connectivity index (χ0n) is 11.8. The van der Waals surface area contributed by atoms with Gasteiger partial charge in [0.2, 0.25) is 0 Å². The summed E-state index contributed by atoms with van der Waals surface area (Å²) in [4.78, 5) is 0. The van der Waals surface area contributed by atoms with Crippen LogP contribution < -0.4 is 9.47 Å². The Balaban J connectivity index is 1.84. The number of hydrogen-bond donors (Lipinski definition) is 1.